The van der Waals surface area contributed by atoms with Crippen LogP contribution in [0, 0.1) is 10.1 Å². The zero-order chi connectivity index (χ0) is 14.7. The second kappa shape index (κ2) is 6.58. The number of nitro groups is 1. The molecular formula is C12H12Cl2N2O3S. The summed E-state index contributed by atoms with van der Waals surface area (Å²) >= 11 is 13.4. The number of rotatable bonds is 6. The molecule has 2 aromatic rings. The molecule has 20 heavy (non-hydrogen) atoms. The highest BCUT2D eigenvalue weighted by Gasteiger charge is 2.24. The van der Waals surface area contributed by atoms with Crippen molar-refractivity contribution >= 4 is 40.4 Å². The molecule has 0 spiro atoms. The third kappa shape index (κ3) is 3.32. The zero-order valence-electron chi connectivity index (χ0n) is 10.6. The van der Waals surface area contributed by atoms with Crippen LogP contribution in [0.5, 0.6) is 0 Å². The smallest absolute Gasteiger partial charge is 0.404 e. The second-order valence-electron chi connectivity index (χ2n) is 4.10. The van der Waals surface area contributed by atoms with Crippen LogP contribution in [0.2, 0.25) is 8.67 Å². The minimum absolute atomic E-state index is 0.291. The number of hydrogen-bond donors (Lipinski definition) is 1. The topological polar surface area (TPSA) is 68.3 Å². The van der Waals surface area contributed by atoms with E-state index >= 15 is 0 Å². The summed E-state index contributed by atoms with van der Waals surface area (Å²) in [5.41, 5.74) is 0.763. The third-order valence-electron chi connectivity index (χ3n) is 2.67. The Morgan fingerprint density at radius 2 is 2.25 bits per heavy atom. The Morgan fingerprint density at radius 1 is 1.50 bits per heavy atom. The first-order valence-electron chi connectivity index (χ1n) is 5.95. The number of nitrogens with one attached hydrogen (secondary N) is 1. The average Bonchev–Trinajstić information content (AvgIpc) is 2.98. The molecule has 8 heteroatoms. The van der Waals surface area contributed by atoms with Gasteiger partial charge < -0.3 is 9.73 Å². The first kappa shape index (κ1) is 15.3. The molecule has 1 N–H and O–H groups in total. The van der Waals surface area contributed by atoms with Gasteiger partial charge in [-0.3, -0.25) is 10.1 Å². The molecule has 0 aliphatic carbocycles. The number of hydrogen-bond acceptors (Lipinski definition) is 5. The predicted molar refractivity (Wildman–Crippen MR) is 79.8 cm³/mol. The van der Waals surface area contributed by atoms with Gasteiger partial charge in [-0.25, -0.2) is 0 Å². The van der Waals surface area contributed by atoms with Crippen LogP contribution in [-0.4, -0.2) is 11.5 Å². The van der Waals surface area contributed by atoms with Crippen LogP contribution in [0.1, 0.15) is 30.7 Å². The van der Waals surface area contributed by atoms with Crippen molar-refractivity contribution in [2.45, 2.75) is 19.4 Å². The fourth-order valence-corrected chi connectivity index (χ4v) is 3.33. The maximum absolute atomic E-state index is 10.7. The van der Waals surface area contributed by atoms with E-state index in [-0.39, 0.29) is 11.9 Å². The van der Waals surface area contributed by atoms with Crippen molar-refractivity contribution in [2.75, 3.05) is 6.54 Å². The molecule has 1 unspecified atom stereocenters. The van der Waals surface area contributed by atoms with Gasteiger partial charge in [0.25, 0.3) is 0 Å². The highest BCUT2D eigenvalue weighted by atomic mass is 35.5. The van der Waals surface area contributed by atoms with Gasteiger partial charge in [-0.15, -0.1) is 11.3 Å². The molecule has 1 atom stereocenters. The van der Waals surface area contributed by atoms with Crippen LogP contribution in [-0.2, 0) is 0 Å². The van der Waals surface area contributed by atoms with Gasteiger partial charge in [0.15, 0.2) is 0 Å². The summed E-state index contributed by atoms with van der Waals surface area (Å²) in [6.07, 6.45) is 0.911. The maximum atomic E-state index is 10.7. The van der Waals surface area contributed by atoms with Gasteiger partial charge in [-0.1, -0.05) is 30.1 Å². The number of halogens is 2. The number of thiophene rings is 1. The fraction of sp³-hybridized carbons (Fsp3) is 0.333. The van der Waals surface area contributed by atoms with Crippen molar-refractivity contribution in [3.05, 3.63) is 48.3 Å². The summed E-state index contributed by atoms with van der Waals surface area (Å²) in [5.74, 6) is 0.155. The van der Waals surface area contributed by atoms with Gasteiger partial charge in [0.1, 0.15) is 10.7 Å². The normalized spacial score (nSPS) is 12.6. The van der Waals surface area contributed by atoms with Crippen LogP contribution in [0.25, 0.3) is 0 Å². The molecule has 0 aromatic carbocycles. The van der Waals surface area contributed by atoms with E-state index in [1.165, 1.54) is 17.4 Å². The van der Waals surface area contributed by atoms with Crippen molar-refractivity contribution in [2.24, 2.45) is 0 Å². The van der Waals surface area contributed by atoms with Crippen LogP contribution >= 0.6 is 34.5 Å². The monoisotopic (exact) mass is 334 g/mol. The van der Waals surface area contributed by atoms with Gasteiger partial charge in [-0.05, 0) is 25.1 Å². The van der Waals surface area contributed by atoms with Gasteiger partial charge in [-0.2, -0.15) is 0 Å². The van der Waals surface area contributed by atoms with Crippen molar-refractivity contribution in [1.29, 1.82) is 0 Å². The molecule has 5 nitrogen and oxygen atoms in total. The maximum Gasteiger partial charge on any atom is 0.433 e. The zero-order valence-corrected chi connectivity index (χ0v) is 12.9. The molecule has 108 valence electrons. The van der Waals surface area contributed by atoms with Gasteiger partial charge in [0, 0.05) is 5.56 Å². The molecule has 0 amide bonds. The van der Waals surface area contributed by atoms with E-state index in [9.17, 15) is 10.1 Å². The molecule has 0 saturated heterocycles. The largest absolute Gasteiger partial charge is 0.433 e. The first-order chi connectivity index (χ1) is 9.52. The van der Waals surface area contributed by atoms with E-state index in [1.807, 2.05) is 6.92 Å². The van der Waals surface area contributed by atoms with Crippen molar-refractivity contribution in [3.63, 3.8) is 0 Å². The summed E-state index contributed by atoms with van der Waals surface area (Å²) in [6, 6.07) is 4.31. The van der Waals surface area contributed by atoms with Crippen LogP contribution in [0.3, 0.4) is 0 Å². The molecule has 2 rings (SSSR count). The number of furan rings is 1. The molecule has 0 bridgehead atoms. The van der Waals surface area contributed by atoms with E-state index in [2.05, 4.69) is 5.32 Å². The Morgan fingerprint density at radius 3 is 2.75 bits per heavy atom. The van der Waals surface area contributed by atoms with E-state index < -0.39 is 4.92 Å². The lowest BCUT2D eigenvalue weighted by Crippen LogP contribution is -2.22. The first-order valence-corrected chi connectivity index (χ1v) is 7.52. The second-order valence-corrected chi connectivity index (χ2v) is 6.39. The summed E-state index contributed by atoms with van der Waals surface area (Å²) in [4.78, 5) is 10.1. The lowest BCUT2D eigenvalue weighted by molar-refractivity contribution is -0.402. The SMILES string of the molecule is CCCNC(c1ccc([N+](=O)[O-])o1)c1cc(Cl)sc1Cl. The fourth-order valence-electron chi connectivity index (χ4n) is 1.80. The van der Waals surface area contributed by atoms with Crippen molar-refractivity contribution < 1.29 is 9.34 Å². The van der Waals surface area contributed by atoms with E-state index in [0.29, 0.717) is 14.4 Å². The van der Waals surface area contributed by atoms with Crippen molar-refractivity contribution in [1.82, 2.24) is 5.32 Å². The Labute approximate surface area is 129 Å². The minimum Gasteiger partial charge on any atom is -0.404 e. The van der Waals surface area contributed by atoms with Gasteiger partial charge >= 0.3 is 5.88 Å². The summed E-state index contributed by atoms with van der Waals surface area (Å²) < 4.78 is 6.37. The van der Waals surface area contributed by atoms with Crippen molar-refractivity contribution in [3.8, 4) is 0 Å². The minimum atomic E-state index is -0.567. The molecular weight excluding hydrogens is 323 g/mol. The highest BCUT2D eigenvalue weighted by molar-refractivity contribution is 7.20. The lowest BCUT2D eigenvalue weighted by Gasteiger charge is -2.15. The van der Waals surface area contributed by atoms with Gasteiger partial charge in [0.2, 0.25) is 0 Å². The van der Waals surface area contributed by atoms with E-state index in [0.717, 1.165) is 18.5 Å². The Balaban J connectivity index is 2.35. The standard InChI is InChI=1S/C12H12Cl2N2O3S/c1-2-5-15-11(7-6-9(13)20-12(7)14)8-3-4-10(19-8)16(17)18/h3-4,6,11,15H,2,5H2,1H3. The average molecular weight is 335 g/mol. The Bertz CT molecular complexity index is 612. The molecule has 2 aromatic heterocycles. The Hall–Kier alpha value is -1.08. The molecule has 0 radical (unpaired) electrons. The lowest BCUT2D eigenvalue weighted by atomic mass is 10.1. The highest BCUT2D eigenvalue weighted by Crippen LogP contribution is 2.38. The van der Waals surface area contributed by atoms with Gasteiger partial charge in [0.05, 0.1) is 20.8 Å². The summed E-state index contributed by atoms with van der Waals surface area (Å²) in [7, 11) is 0. The summed E-state index contributed by atoms with van der Waals surface area (Å²) in [5, 5.41) is 14.0. The molecule has 0 aliphatic rings. The van der Waals surface area contributed by atoms with Crippen LogP contribution < -0.4 is 5.32 Å². The van der Waals surface area contributed by atoms with E-state index in [1.54, 1.807) is 12.1 Å². The van der Waals surface area contributed by atoms with Crippen LogP contribution in [0.15, 0.2) is 22.6 Å². The van der Waals surface area contributed by atoms with E-state index in [4.69, 9.17) is 27.6 Å². The number of nitrogens with zero attached hydrogens (tertiary/aromatic N) is 1. The quantitative estimate of drug-likeness (QED) is 0.616. The molecule has 0 fully saturated rings. The third-order valence-corrected chi connectivity index (χ3v) is 4.19. The summed E-state index contributed by atoms with van der Waals surface area (Å²) in [6.45, 7) is 2.75. The van der Waals surface area contributed by atoms with Crippen LogP contribution in [0.4, 0.5) is 5.88 Å². The Kier molecular flexibility index (Phi) is 5.04. The molecule has 0 aliphatic heterocycles. The molecule has 0 saturated carbocycles. The molecule has 2 heterocycles. The predicted octanol–water partition coefficient (Wildman–Crippen LogP) is 4.65.